The van der Waals surface area contributed by atoms with Crippen LogP contribution < -0.4 is 10.1 Å². The van der Waals surface area contributed by atoms with Crippen molar-refractivity contribution in [3.63, 3.8) is 0 Å². The summed E-state index contributed by atoms with van der Waals surface area (Å²) < 4.78 is 10.0. The zero-order chi connectivity index (χ0) is 17.5. The van der Waals surface area contributed by atoms with E-state index in [1.807, 2.05) is 6.07 Å². The fourth-order valence-electron chi connectivity index (χ4n) is 3.03. The number of hydrogen-bond acceptors (Lipinski definition) is 4. The Balaban J connectivity index is 2.06. The van der Waals surface area contributed by atoms with Crippen LogP contribution in [0.15, 0.2) is 23.2 Å². The Morgan fingerprint density at radius 1 is 1.42 bits per heavy atom. The molecule has 1 aromatic rings. The van der Waals surface area contributed by atoms with Crippen LogP contribution in [0.3, 0.4) is 0 Å². The largest absolute Gasteiger partial charge is 0.496 e. The molecule has 24 heavy (non-hydrogen) atoms. The van der Waals surface area contributed by atoms with Gasteiger partial charge in [0.25, 0.3) is 0 Å². The van der Waals surface area contributed by atoms with Gasteiger partial charge in [-0.1, -0.05) is 13.0 Å². The summed E-state index contributed by atoms with van der Waals surface area (Å²) in [6.45, 7) is 4.91. The number of aliphatic imine (C=N–C) groups is 1. The van der Waals surface area contributed by atoms with E-state index in [4.69, 9.17) is 9.47 Å². The molecule has 0 saturated carbocycles. The molecular formula is C18H27N3O3. The van der Waals surface area contributed by atoms with Crippen LogP contribution in [0.5, 0.6) is 5.75 Å². The number of hydrogen-bond donors (Lipinski definition) is 1. The molecule has 132 valence electrons. The van der Waals surface area contributed by atoms with E-state index in [2.05, 4.69) is 22.1 Å². The first kappa shape index (κ1) is 18.1. The number of nitrogens with zero attached hydrogens (tertiary/aromatic N) is 2. The molecule has 1 fully saturated rings. The summed E-state index contributed by atoms with van der Waals surface area (Å²) in [6, 6.07) is 5.52. The van der Waals surface area contributed by atoms with Crippen LogP contribution in [0.1, 0.15) is 35.7 Å². The van der Waals surface area contributed by atoms with Gasteiger partial charge >= 0.3 is 5.97 Å². The molecule has 0 aromatic heterocycles. The minimum atomic E-state index is -0.400. The minimum Gasteiger partial charge on any atom is -0.496 e. The van der Waals surface area contributed by atoms with Gasteiger partial charge in [-0.3, -0.25) is 4.99 Å². The highest BCUT2D eigenvalue weighted by Gasteiger charge is 2.19. The van der Waals surface area contributed by atoms with Crippen LogP contribution in [-0.4, -0.2) is 51.2 Å². The normalized spacial score (nSPS) is 18.2. The van der Waals surface area contributed by atoms with Crippen LogP contribution in [0.2, 0.25) is 0 Å². The first-order valence-corrected chi connectivity index (χ1v) is 8.29. The first-order valence-electron chi connectivity index (χ1n) is 8.29. The van der Waals surface area contributed by atoms with E-state index in [1.54, 1.807) is 26.3 Å². The fraction of sp³-hybridized carbons (Fsp3) is 0.556. The first-order chi connectivity index (χ1) is 11.6. The molecule has 1 saturated heterocycles. The SMILES string of the molecule is CN=C(NCc1ccc(OC)c(C(=O)OC)c1)N1CCCC(C)C1. The minimum absolute atomic E-state index is 0.400. The Morgan fingerprint density at radius 2 is 2.21 bits per heavy atom. The highest BCUT2D eigenvalue weighted by atomic mass is 16.5. The fourth-order valence-corrected chi connectivity index (χ4v) is 3.03. The number of ether oxygens (including phenoxy) is 2. The molecule has 0 radical (unpaired) electrons. The van der Waals surface area contributed by atoms with E-state index in [9.17, 15) is 4.79 Å². The highest BCUT2D eigenvalue weighted by molar-refractivity contribution is 5.92. The van der Waals surface area contributed by atoms with Gasteiger partial charge in [-0.15, -0.1) is 0 Å². The lowest BCUT2D eigenvalue weighted by atomic mass is 10.0. The molecule has 1 aliphatic heterocycles. The monoisotopic (exact) mass is 333 g/mol. The van der Waals surface area contributed by atoms with Crippen molar-refractivity contribution in [2.24, 2.45) is 10.9 Å². The standard InChI is InChI=1S/C18H27N3O3/c1-13-6-5-9-21(12-13)18(19-2)20-11-14-7-8-16(23-3)15(10-14)17(22)24-4/h7-8,10,13H,5-6,9,11-12H2,1-4H3,(H,19,20). The van der Waals surface area contributed by atoms with E-state index < -0.39 is 5.97 Å². The van der Waals surface area contributed by atoms with E-state index in [0.29, 0.717) is 23.8 Å². The van der Waals surface area contributed by atoms with Crippen LogP contribution >= 0.6 is 0 Å². The van der Waals surface area contributed by atoms with E-state index in [0.717, 1.165) is 24.6 Å². The molecule has 1 heterocycles. The summed E-state index contributed by atoms with van der Waals surface area (Å²) in [6.07, 6.45) is 2.46. The summed E-state index contributed by atoms with van der Waals surface area (Å²) in [7, 11) is 4.71. The maximum absolute atomic E-state index is 11.9. The van der Waals surface area contributed by atoms with Crippen molar-refractivity contribution in [2.45, 2.75) is 26.3 Å². The van der Waals surface area contributed by atoms with E-state index >= 15 is 0 Å². The van der Waals surface area contributed by atoms with Gasteiger partial charge in [0.15, 0.2) is 5.96 Å². The quantitative estimate of drug-likeness (QED) is 0.520. The summed E-state index contributed by atoms with van der Waals surface area (Å²) >= 11 is 0. The summed E-state index contributed by atoms with van der Waals surface area (Å²) in [5, 5.41) is 3.38. The Hall–Kier alpha value is -2.24. The van der Waals surface area contributed by atoms with Gasteiger partial charge in [-0.2, -0.15) is 0 Å². The molecule has 6 heteroatoms. The highest BCUT2D eigenvalue weighted by Crippen LogP contribution is 2.21. The third-order valence-electron chi connectivity index (χ3n) is 4.29. The zero-order valence-electron chi connectivity index (χ0n) is 15.0. The van der Waals surface area contributed by atoms with Gasteiger partial charge in [-0.05, 0) is 36.5 Å². The van der Waals surface area contributed by atoms with Gasteiger partial charge in [0, 0.05) is 26.7 Å². The molecule has 1 unspecified atom stereocenters. The number of benzene rings is 1. The average molecular weight is 333 g/mol. The molecule has 1 atom stereocenters. The van der Waals surface area contributed by atoms with Gasteiger partial charge in [0.2, 0.25) is 0 Å². The molecule has 1 N–H and O–H groups in total. The second-order valence-corrected chi connectivity index (χ2v) is 6.12. The Morgan fingerprint density at radius 3 is 2.83 bits per heavy atom. The number of likely N-dealkylation sites (tertiary alicyclic amines) is 1. The van der Waals surface area contributed by atoms with Crippen molar-refractivity contribution in [1.82, 2.24) is 10.2 Å². The van der Waals surface area contributed by atoms with Crippen molar-refractivity contribution < 1.29 is 14.3 Å². The third-order valence-corrected chi connectivity index (χ3v) is 4.29. The van der Waals surface area contributed by atoms with Gasteiger partial charge in [-0.25, -0.2) is 4.79 Å². The Kier molecular flexibility index (Phi) is 6.46. The van der Waals surface area contributed by atoms with Gasteiger partial charge in [0.1, 0.15) is 11.3 Å². The second kappa shape index (κ2) is 8.57. The predicted octanol–water partition coefficient (Wildman–Crippen LogP) is 2.29. The molecule has 6 nitrogen and oxygen atoms in total. The Labute approximate surface area is 143 Å². The lowest BCUT2D eigenvalue weighted by Gasteiger charge is -2.33. The lowest BCUT2D eigenvalue weighted by molar-refractivity contribution is 0.0597. The van der Waals surface area contributed by atoms with Crippen molar-refractivity contribution in [3.8, 4) is 5.75 Å². The Bertz CT molecular complexity index is 601. The molecule has 1 aliphatic rings. The zero-order valence-corrected chi connectivity index (χ0v) is 15.0. The number of carbonyl (C=O) groups is 1. The number of rotatable bonds is 4. The maximum Gasteiger partial charge on any atom is 0.341 e. The summed E-state index contributed by atoms with van der Waals surface area (Å²) in [5.41, 5.74) is 1.41. The van der Waals surface area contributed by atoms with Gasteiger partial charge < -0.3 is 19.7 Å². The maximum atomic E-state index is 11.9. The molecule has 2 rings (SSSR count). The summed E-state index contributed by atoms with van der Waals surface area (Å²) in [5.74, 6) is 1.70. The van der Waals surface area contributed by atoms with Gasteiger partial charge in [0.05, 0.1) is 14.2 Å². The van der Waals surface area contributed by atoms with Crippen LogP contribution in [0.4, 0.5) is 0 Å². The molecule has 0 bridgehead atoms. The molecule has 0 aliphatic carbocycles. The van der Waals surface area contributed by atoms with Crippen LogP contribution in [0, 0.1) is 5.92 Å². The summed E-state index contributed by atoms with van der Waals surface area (Å²) in [4.78, 5) is 18.5. The number of carbonyl (C=O) groups excluding carboxylic acids is 1. The predicted molar refractivity (Wildman–Crippen MR) is 94.5 cm³/mol. The van der Waals surface area contributed by atoms with Crippen molar-refractivity contribution in [3.05, 3.63) is 29.3 Å². The smallest absolute Gasteiger partial charge is 0.341 e. The number of nitrogens with one attached hydrogen (secondary N) is 1. The topological polar surface area (TPSA) is 63.2 Å². The van der Waals surface area contributed by atoms with Crippen LogP contribution in [0.25, 0.3) is 0 Å². The number of guanidine groups is 1. The molecule has 0 amide bonds. The van der Waals surface area contributed by atoms with E-state index in [-0.39, 0.29) is 0 Å². The van der Waals surface area contributed by atoms with Crippen molar-refractivity contribution >= 4 is 11.9 Å². The van der Waals surface area contributed by atoms with E-state index in [1.165, 1.54) is 20.0 Å². The van der Waals surface area contributed by atoms with Crippen LogP contribution in [-0.2, 0) is 11.3 Å². The molecule has 1 aromatic carbocycles. The number of piperidine rings is 1. The number of methoxy groups -OCH3 is 2. The average Bonchev–Trinajstić information content (AvgIpc) is 2.61. The molecular weight excluding hydrogens is 306 g/mol. The van der Waals surface area contributed by atoms with Crippen molar-refractivity contribution in [2.75, 3.05) is 34.4 Å². The van der Waals surface area contributed by atoms with Crippen molar-refractivity contribution in [1.29, 1.82) is 0 Å². The molecule has 0 spiro atoms. The number of esters is 1. The lowest BCUT2D eigenvalue weighted by Crippen LogP contribution is -2.45. The second-order valence-electron chi connectivity index (χ2n) is 6.12. The third kappa shape index (κ3) is 4.40.